The number of fused-ring (bicyclic) bond motifs is 2. The number of aryl methyl sites for hydroxylation is 1. The third kappa shape index (κ3) is 4.15. The van der Waals surface area contributed by atoms with Crippen molar-refractivity contribution in [3.8, 4) is 0 Å². The maximum atomic E-state index is 13.2. The van der Waals surface area contributed by atoms with E-state index >= 15 is 0 Å². The van der Waals surface area contributed by atoms with E-state index in [1.54, 1.807) is 49.9 Å². The second-order valence-corrected chi connectivity index (χ2v) is 9.99. The first-order valence-corrected chi connectivity index (χ1v) is 11.5. The van der Waals surface area contributed by atoms with E-state index < -0.39 is 23.1 Å². The predicted octanol–water partition coefficient (Wildman–Crippen LogP) is 4.31. The van der Waals surface area contributed by atoms with E-state index in [0.717, 1.165) is 11.1 Å². The van der Waals surface area contributed by atoms with E-state index in [1.807, 2.05) is 6.92 Å². The molecule has 0 aliphatic carbocycles. The number of amides is 1. The van der Waals surface area contributed by atoms with Gasteiger partial charge in [-0.1, -0.05) is 6.07 Å². The smallest absolute Gasteiger partial charge is 0.386 e. The number of aliphatic hydroxyl groups is 1. The van der Waals surface area contributed by atoms with Gasteiger partial charge >= 0.3 is 6.18 Å². The fraction of sp³-hybridized carbons (Fsp3) is 0.520. The molecule has 186 valence electrons. The number of likely N-dealkylation sites (tertiary alicyclic amines) is 1. The lowest BCUT2D eigenvalue weighted by molar-refractivity contribution is -0.0892. The van der Waals surface area contributed by atoms with E-state index in [1.165, 1.54) is 10.6 Å². The van der Waals surface area contributed by atoms with Crippen molar-refractivity contribution < 1.29 is 29.3 Å². The standard InChI is InChI=1S/C25H30F3N3O3.H2/c1-15-13-17(5-6-18(15)23(3,4)34)22(33)30-11-9-24(10-12-30)20-8-7-19(21(32)25(26,27)28)31(20)16(2)14-29-24;/h5-8,13,16,29,34H,9-12,14H2,1-4H3;1H. The van der Waals surface area contributed by atoms with Gasteiger partial charge in [-0.05, 0) is 75.9 Å². The van der Waals surface area contributed by atoms with Crippen molar-refractivity contribution in [3.05, 3.63) is 58.4 Å². The van der Waals surface area contributed by atoms with Gasteiger partial charge in [-0.25, -0.2) is 0 Å². The highest BCUT2D eigenvalue weighted by molar-refractivity contribution is 5.99. The number of nitrogens with one attached hydrogen (secondary N) is 1. The van der Waals surface area contributed by atoms with Crippen LogP contribution in [0.5, 0.6) is 0 Å². The van der Waals surface area contributed by atoms with Crippen LogP contribution in [0.4, 0.5) is 13.2 Å². The Balaban J connectivity index is 0.00000342. The van der Waals surface area contributed by atoms with Gasteiger partial charge in [0.25, 0.3) is 11.7 Å². The maximum absolute atomic E-state index is 13.2. The number of ketones is 1. The molecule has 6 nitrogen and oxygen atoms in total. The summed E-state index contributed by atoms with van der Waals surface area (Å²) in [7, 11) is 0. The van der Waals surface area contributed by atoms with Crippen LogP contribution in [0, 0.1) is 6.92 Å². The van der Waals surface area contributed by atoms with Gasteiger partial charge in [0.1, 0.15) is 0 Å². The van der Waals surface area contributed by atoms with Crippen molar-refractivity contribution in [2.75, 3.05) is 19.6 Å². The van der Waals surface area contributed by atoms with Crippen molar-refractivity contribution in [1.29, 1.82) is 0 Å². The van der Waals surface area contributed by atoms with Gasteiger partial charge in [0.05, 0.1) is 16.8 Å². The number of hydrogen-bond acceptors (Lipinski definition) is 4. The summed E-state index contributed by atoms with van der Waals surface area (Å²) in [5, 5.41) is 13.8. The number of nitrogens with zero attached hydrogens (tertiary/aromatic N) is 2. The summed E-state index contributed by atoms with van der Waals surface area (Å²) in [6.07, 6.45) is -3.88. The van der Waals surface area contributed by atoms with Gasteiger partial charge in [-0.2, -0.15) is 13.2 Å². The van der Waals surface area contributed by atoms with Gasteiger partial charge in [0, 0.05) is 38.4 Å². The molecule has 1 saturated heterocycles. The molecule has 34 heavy (non-hydrogen) atoms. The number of Topliss-reactive ketones (excluding diaryl/α,β-unsaturated/α-hetero) is 1. The maximum Gasteiger partial charge on any atom is 0.456 e. The molecule has 3 heterocycles. The normalized spacial score (nSPS) is 20.4. The van der Waals surface area contributed by atoms with E-state index in [-0.39, 0.29) is 19.1 Å². The van der Waals surface area contributed by atoms with Crippen LogP contribution in [0.15, 0.2) is 30.3 Å². The predicted molar refractivity (Wildman–Crippen MR) is 123 cm³/mol. The van der Waals surface area contributed by atoms with Gasteiger partial charge in [0.2, 0.25) is 0 Å². The van der Waals surface area contributed by atoms with Crippen LogP contribution in [0.1, 0.15) is 78.7 Å². The molecule has 2 N–H and O–H groups in total. The summed E-state index contributed by atoms with van der Waals surface area (Å²) in [4.78, 5) is 26.9. The lowest BCUT2D eigenvalue weighted by Gasteiger charge is -2.47. The number of piperidine rings is 1. The van der Waals surface area contributed by atoms with Crippen molar-refractivity contribution in [1.82, 2.24) is 14.8 Å². The summed E-state index contributed by atoms with van der Waals surface area (Å²) >= 11 is 0. The van der Waals surface area contributed by atoms with Gasteiger partial charge in [-0.3, -0.25) is 9.59 Å². The minimum absolute atomic E-state index is 0. The first-order valence-electron chi connectivity index (χ1n) is 11.5. The van der Waals surface area contributed by atoms with Crippen molar-refractivity contribution in [2.45, 2.75) is 63.9 Å². The fourth-order valence-corrected chi connectivity index (χ4v) is 5.36. The molecule has 0 radical (unpaired) electrons. The molecular formula is C25H32F3N3O3. The fourth-order valence-electron chi connectivity index (χ4n) is 5.36. The number of alkyl halides is 3. The molecular weight excluding hydrogens is 447 g/mol. The van der Waals surface area contributed by atoms with Crippen LogP contribution in [0.25, 0.3) is 0 Å². The number of benzene rings is 1. The van der Waals surface area contributed by atoms with E-state index in [2.05, 4.69) is 5.32 Å². The molecule has 2 aliphatic rings. The number of carbonyl (C=O) groups is 2. The Labute approximate surface area is 198 Å². The van der Waals surface area contributed by atoms with Gasteiger partial charge in [0.15, 0.2) is 0 Å². The molecule has 1 aromatic heterocycles. The Morgan fingerprint density at radius 2 is 1.79 bits per heavy atom. The third-order valence-corrected chi connectivity index (χ3v) is 7.11. The molecule has 1 amide bonds. The highest BCUT2D eigenvalue weighted by Crippen LogP contribution is 2.40. The first-order chi connectivity index (χ1) is 15.7. The molecule has 9 heteroatoms. The molecule has 0 bridgehead atoms. The second-order valence-electron chi connectivity index (χ2n) is 9.99. The van der Waals surface area contributed by atoms with E-state index in [4.69, 9.17) is 0 Å². The second kappa shape index (κ2) is 8.23. The third-order valence-electron chi connectivity index (χ3n) is 7.11. The topological polar surface area (TPSA) is 74.6 Å². The lowest BCUT2D eigenvalue weighted by Crippen LogP contribution is -2.57. The average molecular weight is 480 g/mol. The Morgan fingerprint density at radius 1 is 1.15 bits per heavy atom. The zero-order valence-electron chi connectivity index (χ0n) is 19.8. The molecule has 1 fully saturated rings. The number of hydrogen-bond donors (Lipinski definition) is 2. The summed E-state index contributed by atoms with van der Waals surface area (Å²) in [5.41, 5.74) is 0.852. The number of halogens is 3. The van der Waals surface area contributed by atoms with Crippen molar-refractivity contribution in [3.63, 3.8) is 0 Å². The van der Waals surface area contributed by atoms with Crippen molar-refractivity contribution in [2.24, 2.45) is 0 Å². The number of aromatic nitrogens is 1. The minimum Gasteiger partial charge on any atom is -0.386 e. The van der Waals surface area contributed by atoms with Crippen LogP contribution in [-0.2, 0) is 11.1 Å². The van der Waals surface area contributed by atoms with Crippen LogP contribution >= 0.6 is 0 Å². The number of rotatable bonds is 3. The average Bonchev–Trinajstić information content (AvgIpc) is 3.21. The minimum atomic E-state index is -4.93. The molecule has 1 unspecified atom stereocenters. The molecule has 1 atom stereocenters. The quantitative estimate of drug-likeness (QED) is 0.644. The molecule has 1 aromatic carbocycles. The summed E-state index contributed by atoms with van der Waals surface area (Å²) in [6.45, 7) is 8.34. The lowest BCUT2D eigenvalue weighted by atomic mass is 9.82. The number of carbonyl (C=O) groups excluding carboxylic acids is 2. The van der Waals surface area contributed by atoms with Gasteiger partial charge in [-0.15, -0.1) is 0 Å². The highest BCUT2D eigenvalue weighted by Gasteiger charge is 2.47. The SMILES string of the molecule is Cc1cc(C(=O)N2CCC3(CC2)NCC(C)n2c(C(=O)C(F)(F)F)ccc23)ccc1C(C)(C)O.[HH]. The van der Waals surface area contributed by atoms with Crippen LogP contribution in [-0.4, -0.2) is 52.1 Å². The molecule has 2 aromatic rings. The Bertz CT molecular complexity index is 1130. The summed E-state index contributed by atoms with van der Waals surface area (Å²) < 4.78 is 40.9. The Morgan fingerprint density at radius 3 is 2.35 bits per heavy atom. The largest absolute Gasteiger partial charge is 0.456 e. The zero-order chi connectivity index (χ0) is 25.1. The Hall–Kier alpha value is -2.65. The highest BCUT2D eigenvalue weighted by atomic mass is 19.4. The summed E-state index contributed by atoms with van der Waals surface area (Å²) in [6, 6.07) is 7.84. The summed E-state index contributed by atoms with van der Waals surface area (Å²) in [5.74, 6) is -1.95. The molecule has 0 saturated carbocycles. The molecule has 4 rings (SSSR count). The van der Waals surface area contributed by atoms with Crippen LogP contribution in [0.3, 0.4) is 0 Å². The Kier molecular flexibility index (Phi) is 5.93. The monoisotopic (exact) mass is 479 g/mol. The first kappa shape index (κ1) is 24.5. The molecule has 2 aliphatic heterocycles. The van der Waals surface area contributed by atoms with Gasteiger partial charge < -0.3 is 19.9 Å². The van der Waals surface area contributed by atoms with Crippen LogP contribution < -0.4 is 5.32 Å². The van der Waals surface area contributed by atoms with Crippen LogP contribution in [0.2, 0.25) is 0 Å². The van der Waals surface area contributed by atoms with E-state index in [0.29, 0.717) is 43.7 Å². The molecule has 1 spiro atoms. The van der Waals surface area contributed by atoms with E-state index in [9.17, 15) is 27.9 Å². The van der Waals surface area contributed by atoms with Crippen molar-refractivity contribution >= 4 is 11.7 Å². The zero-order valence-corrected chi connectivity index (χ0v) is 19.8.